The molecule has 0 aromatic heterocycles. The molecule has 0 saturated carbocycles. The van der Waals surface area contributed by atoms with Gasteiger partial charge in [0, 0.05) is 38.8 Å². The molecule has 1 saturated heterocycles. The van der Waals surface area contributed by atoms with Crippen LogP contribution in [-0.4, -0.2) is 58.0 Å². The number of nitrogens with one attached hydrogen (secondary N) is 1. The van der Waals surface area contributed by atoms with Gasteiger partial charge in [0.2, 0.25) is 10.0 Å². The van der Waals surface area contributed by atoms with Crippen LogP contribution in [0.3, 0.4) is 0 Å². The molecule has 0 bridgehead atoms. The van der Waals surface area contributed by atoms with Crippen LogP contribution < -0.4 is 4.72 Å². The van der Waals surface area contributed by atoms with Crippen molar-refractivity contribution in [1.82, 2.24) is 14.5 Å². The van der Waals surface area contributed by atoms with Crippen LogP contribution in [0.5, 0.6) is 0 Å². The fourth-order valence-electron chi connectivity index (χ4n) is 3.33. The minimum Gasteiger partial charge on any atom is -0.304 e. The number of aryl methyl sites for hydroxylation is 1. The fraction of sp³-hybridized carbons (Fsp3) is 0.400. The van der Waals surface area contributed by atoms with Crippen molar-refractivity contribution >= 4 is 10.0 Å². The summed E-state index contributed by atoms with van der Waals surface area (Å²) >= 11 is 0. The van der Waals surface area contributed by atoms with E-state index < -0.39 is 15.8 Å². The number of rotatable bonds is 6. The Balaban J connectivity index is 1.80. The molecular formula is C20H25F2N3O2S. The lowest BCUT2D eigenvalue weighted by atomic mass is 10.0. The van der Waals surface area contributed by atoms with E-state index in [1.54, 1.807) is 12.1 Å². The van der Waals surface area contributed by atoms with Gasteiger partial charge in [-0.2, -0.15) is 0 Å². The first-order valence-corrected chi connectivity index (χ1v) is 10.7. The fourth-order valence-corrected chi connectivity index (χ4v) is 4.46. The Morgan fingerprint density at radius 2 is 1.68 bits per heavy atom. The average molecular weight is 410 g/mol. The van der Waals surface area contributed by atoms with Crippen molar-refractivity contribution < 1.29 is 17.2 Å². The maximum absolute atomic E-state index is 13.5. The first kappa shape index (κ1) is 20.9. The zero-order valence-electron chi connectivity index (χ0n) is 16.0. The number of hydrogen-bond acceptors (Lipinski definition) is 4. The van der Waals surface area contributed by atoms with Crippen LogP contribution in [0.2, 0.25) is 0 Å². The summed E-state index contributed by atoms with van der Waals surface area (Å²) in [5, 5.41) is 0. The van der Waals surface area contributed by atoms with E-state index >= 15 is 0 Å². The maximum atomic E-state index is 13.5. The minimum absolute atomic E-state index is 0.0302. The predicted molar refractivity (Wildman–Crippen MR) is 105 cm³/mol. The Labute approximate surface area is 165 Å². The van der Waals surface area contributed by atoms with Gasteiger partial charge in [-0.05, 0) is 55.4 Å². The molecule has 1 aliphatic rings. The quantitative estimate of drug-likeness (QED) is 0.797. The molecule has 28 heavy (non-hydrogen) atoms. The minimum atomic E-state index is -3.79. The number of piperazine rings is 1. The van der Waals surface area contributed by atoms with Crippen LogP contribution in [0.4, 0.5) is 8.78 Å². The van der Waals surface area contributed by atoms with Crippen molar-refractivity contribution in [3.8, 4) is 0 Å². The van der Waals surface area contributed by atoms with Crippen LogP contribution in [0.15, 0.2) is 47.4 Å². The predicted octanol–water partition coefficient (Wildman–Crippen LogP) is 2.54. The van der Waals surface area contributed by atoms with E-state index in [0.29, 0.717) is 0 Å². The third-order valence-electron chi connectivity index (χ3n) is 5.14. The van der Waals surface area contributed by atoms with Crippen molar-refractivity contribution in [2.45, 2.75) is 17.9 Å². The lowest BCUT2D eigenvalue weighted by Gasteiger charge is -2.38. The molecule has 3 rings (SSSR count). The molecule has 0 radical (unpaired) electrons. The Hall–Kier alpha value is -1.87. The van der Waals surface area contributed by atoms with Crippen molar-refractivity contribution in [2.75, 3.05) is 39.8 Å². The number of halogens is 2. The largest absolute Gasteiger partial charge is 0.304 e. The molecule has 0 unspecified atom stereocenters. The second-order valence-electron chi connectivity index (χ2n) is 7.17. The van der Waals surface area contributed by atoms with E-state index in [4.69, 9.17) is 0 Å². The van der Waals surface area contributed by atoms with Gasteiger partial charge >= 0.3 is 0 Å². The highest BCUT2D eigenvalue weighted by molar-refractivity contribution is 7.89. The Morgan fingerprint density at radius 1 is 1.04 bits per heavy atom. The van der Waals surface area contributed by atoms with E-state index in [0.717, 1.165) is 37.8 Å². The monoisotopic (exact) mass is 409 g/mol. The maximum Gasteiger partial charge on any atom is 0.240 e. The van der Waals surface area contributed by atoms with Gasteiger partial charge in [-0.1, -0.05) is 12.1 Å². The molecule has 0 amide bonds. The molecular weight excluding hydrogens is 384 g/mol. The number of hydrogen-bond donors (Lipinski definition) is 1. The summed E-state index contributed by atoms with van der Waals surface area (Å²) in [4.78, 5) is 4.44. The third-order valence-corrected chi connectivity index (χ3v) is 6.56. The van der Waals surface area contributed by atoms with Crippen LogP contribution in [-0.2, 0) is 10.0 Å². The summed E-state index contributed by atoms with van der Waals surface area (Å²) in [5.74, 6) is -0.774. The second-order valence-corrected chi connectivity index (χ2v) is 8.94. The molecule has 5 nitrogen and oxygen atoms in total. The summed E-state index contributed by atoms with van der Waals surface area (Å²) < 4.78 is 54.9. The Bertz CT molecular complexity index is 912. The topological polar surface area (TPSA) is 52.7 Å². The molecule has 1 fully saturated rings. The van der Waals surface area contributed by atoms with Gasteiger partial charge in [0.05, 0.1) is 4.90 Å². The second kappa shape index (κ2) is 8.65. The van der Waals surface area contributed by atoms with Crippen LogP contribution in [0.25, 0.3) is 0 Å². The highest BCUT2D eigenvalue weighted by atomic mass is 32.2. The number of benzene rings is 2. The summed E-state index contributed by atoms with van der Waals surface area (Å²) in [6, 6.07) is 9.66. The molecule has 0 spiro atoms. The number of sulfonamides is 1. The van der Waals surface area contributed by atoms with E-state index in [1.807, 2.05) is 7.05 Å². The molecule has 0 aliphatic carbocycles. The molecule has 152 valence electrons. The Morgan fingerprint density at radius 3 is 2.29 bits per heavy atom. The standard InChI is InChI=1S/C20H25F2N3O2S/c1-15-13-18(7-8-19(15)22)28(26,27)23-14-20(16-3-5-17(21)6-4-16)25-11-9-24(2)10-12-25/h3-8,13,20,23H,9-12,14H2,1-2H3/t20-/m0/s1. The third kappa shape index (κ3) is 4.94. The van der Waals surface area contributed by atoms with Crippen LogP contribution >= 0.6 is 0 Å². The molecule has 1 aliphatic heterocycles. The normalized spacial score (nSPS) is 17.6. The van der Waals surface area contributed by atoms with E-state index in [9.17, 15) is 17.2 Å². The van der Waals surface area contributed by atoms with E-state index in [2.05, 4.69) is 14.5 Å². The lowest BCUT2D eigenvalue weighted by molar-refractivity contribution is 0.113. The van der Waals surface area contributed by atoms with Gasteiger partial charge in [0.1, 0.15) is 11.6 Å². The number of nitrogens with zero attached hydrogens (tertiary/aromatic N) is 2. The van der Waals surface area contributed by atoms with Crippen molar-refractivity contribution in [3.63, 3.8) is 0 Å². The van der Waals surface area contributed by atoms with E-state index in [-0.39, 0.29) is 28.9 Å². The summed E-state index contributed by atoms with van der Waals surface area (Å²) in [6.07, 6.45) is 0. The summed E-state index contributed by atoms with van der Waals surface area (Å²) in [7, 11) is -1.74. The molecule has 2 aromatic carbocycles. The molecule has 1 N–H and O–H groups in total. The smallest absolute Gasteiger partial charge is 0.240 e. The molecule has 1 atom stereocenters. The zero-order valence-corrected chi connectivity index (χ0v) is 16.8. The van der Waals surface area contributed by atoms with Gasteiger partial charge in [0.25, 0.3) is 0 Å². The van der Waals surface area contributed by atoms with Crippen molar-refractivity contribution in [1.29, 1.82) is 0 Å². The molecule has 2 aromatic rings. The highest BCUT2D eigenvalue weighted by Crippen LogP contribution is 2.23. The van der Waals surface area contributed by atoms with Crippen molar-refractivity contribution in [2.24, 2.45) is 0 Å². The first-order chi connectivity index (χ1) is 13.3. The zero-order chi connectivity index (χ0) is 20.3. The van der Waals surface area contributed by atoms with Gasteiger partial charge < -0.3 is 4.90 Å². The first-order valence-electron chi connectivity index (χ1n) is 9.20. The van der Waals surface area contributed by atoms with Gasteiger partial charge in [0.15, 0.2) is 0 Å². The number of likely N-dealkylation sites (N-methyl/N-ethyl adjacent to an activating group) is 1. The Kier molecular flexibility index (Phi) is 6.44. The van der Waals surface area contributed by atoms with Crippen molar-refractivity contribution in [3.05, 3.63) is 65.2 Å². The molecule has 8 heteroatoms. The lowest BCUT2D eigenvalue weighted by Crippen LogP contribution is -2.48. The highest BCUT2D eigenvalue weighted by Gasteiger charge is 2.26. The SMILES string of the molecule is Cc1cc(S(=O)(=O)NC[C@@H](c2ccc(F)cc2)N2CCN(C)CC2)ccc1F. The summed E-state index contributed by atoms with van der Waals surface area (Å²) in [6.45, 7) is 5.00. The summed E-state index contributed by atoms with van der Waals surface area (Å²) in [5.41, 5.74) is 1.13. The molecule has 1 heterocycles. The average Bonchev–Trinajstić information content (AvgIpc) is 2.66. The van der Waals surface area contributed by atoms with Crippen LogP contribution in [0.1, 0.15) is 17.2 Å². The van der Waals surface area contributed by atoms with Gasteiger partial charge in [-0.25, -0.2) is 21.9 Å². The van der Waals surface area contributed by atoms with Crippen LogP contribution in [0, 0.1) is 18.6 Å². The van der Waals surface area contributed by atoms with Gasteiger partial charge in [-0.15, -0.1) is 0 Å². The van der Waals surface area contributed by atoms with E-state index in [1.165, 1.54) is 31.2 Å². The van der Waals surface area contributed by atoms with Gasteiger partial charge in [-0.3, -0.25) is 4.90 Å².